The number of ether oxygens (including phenoxy) is 1. The number of fused-ring (bicyclic) bond motifs is 1. The maximum absolute atomic E-state index is 12.4. The second-order valence-electron chi connectivity index (χ2n) is 7.68. The number of carbonyl (C=O) groups is 1. The summed E-state index contributed by atoms with van der Waals surface area (Å²) in [6, 6.07) is 18.0. The highest BCUT2D eigenvalue weighted by Crippen LogP contribution is 2.28. The van der Waals surface area contributed by atoms with Crippen molar-refractivity contribution in [2.75, 3.05) is 25.1 Å². The Labute approximate surface area is 198 Å². The number of carbonyl (C=O) groups excluding carboxylic acids is 1. The van der Waals surface area contributed by atoms with E-state index >= 15 is 0 Å². The first-order chi connectivity index (χ1) is 16.4. The Bertz CT molecular complexity index is 1300. The molecular weight excluding hydrogens is 454 g/mol. The van der Waals surface area contributed by atoms with E-state index in [1.54, 1.807) is 18.3 Å². The zero-order valence-corrected chi connectivity index (χ0v) is 19.7. The molecule has 1 aliphatic rings. The molecule has 4 rings (SSSR count). The van der Waals surface area contributed by atoms with Crippen molar-refractivity contribution in [3.05, 3.63) is 83.4 Å². The predicted molar refractivity (Wildman–Crippen MR) is 130 cm³/mol. The van der Waals surface area contributed by atoms with Crippen LogP contribution in [0, 0.1) is 0 Å². The fraction of sp³-hybridized carbons (Fsp3) is 0.200. The Morgan fingerprint density at radius 2 is 1.76 bits per heavy atom. The van der Waals surface area contributed by atoms with E-state index in [0.29, 0.717) is 11.5 Å². The Balaban J connectivity index is 1.36. The van der Waals surface area contributed by atoms with Crippen molar-refractivity contribution in [3.8, 4) is 11.5 Å². The van der Waals surface area contributed by atoms with Crippen LogP contribution in [-0.4, -0.2) is 40.7 Å². The summed E-state index contributed by atoms with van der Waals surface area (Å²) in [5, 5.41) is 4.02. The lowest BCUT2D eigenvalue weighted by atomic mass is 10.1. The van der Waals surface area contributed by atoms with Gasteiger partial charge in [0.15, 0.2) is 5.75 Å². The Morgan fingerprint density at radius 1 is 1.06 bits per heavy atom. The normalized spacial score (nSPS) is 13.1. The number of hydrogen-bond acceptors (Lipinski definition) is 7. The lowest BCUT2D eigenvalue weighted by molar-refractivity contribution is 0.0981. The largest absolute Gasteiger partial charge is 0.497 e. The first kappa shape index (κ1) is 23.3. The number of likely N-dealkylation sites (N-methyl/N-ethyl adjacent to an activating group) is 1. The van der Waals surface area contributed by atoms with E-state index in [1.807, 2.05) is 6.07 Å². The van der Waals surface area contributed by atoms with Gasteiger partial charge in [0.1, 0.15) is 5.75 Å². The summed E-state index contributed by atoms with van der Waals surface area (Å²) >= 11 is 0. The molecule has 0 fully saturated rings. The van der Waals surface area contributed by atoms with Crippen LogP contribution in [0.25, 0.3) is 0 Å². The fourth-order valence-electron chi connectivity index (χ4n) is 3.71. The lowest BCUT2D eigenvalue weighted by Gasteiger charge is -2.16. The van der Waals surface area contributed by atoms with Gasteiger partial charge in [0.2, 0.25) is 0 Å². The van der Waals surface area contributed by atoms with Crippen LogP contribution in [0.2, 0.25) is 0 Å². The van der Waals surface area contributed by atoms with E-state index in [9.17, 15) is 13.2 Å². The second kappa shape index (κ2) is 9.96. The standard InChI is InChI=1S/C25H25N3O5S/c1-3-28-15-14-20-16-18(4-13-24(20)28)17-26-33-22-7-5-19(6-8-22)25(29)27-34(30,31)23-11-9-21(32-2)10-12-23/h4-13,16-17H,3,14-15H2,1-2H3,(H,27,29)/b26-17+. The zero-order valence-electron chi connectivity index (χ0n) is 18.9. The maximum Gasteiger partial charge on any atom is 0.265 e. The molecule has 34 heavy (non-hydrogen) atoms. The quantitative estimate of drug-likeness (QED) is 0.392. The highest BCUT2D eigenvalue weighted by atomic mass is 32.2. The van der Waals surface area contributed by atoms with E-state index in [-0.39, 0.29) is 10.5 Å². The molecule has 0 saturated carbocycles. The zero-order chi connectivity index (χ0) is 24.1. The van der Waals surface area contributed by atoms with Gasteiger partial charge in [-0.15, -0.1) is 0 Å². The molecular formula is C25H25N3O5S. The molecule has 0 unspecified atom stereocenters. The number of anilines is 1. The molecule has 0 atom stereocenters. The smallest absolute Gasteiger partial charge is 0.265 e. The van der Waals surface area contributed by atoms with Crippen LogP contribution in [0.4, 0.5) is 5.69 Å². The number of nitrogens with zero attached hydrogens (tertiary/aromatic N) is 2. The highest BCUT2D eigenvalue weighted by molar-refractivity contribution is 7.90. The maximum atomic E-state index is 12.4. The van der Waals surface area contributed by atoms with E-state index in [1.165, 1.54) is 54.8 Å². The van der Waals surface area contributed by atoms with Gasteiger partial charge in [-0.25, -0.2) is 13.1 Å². The number of methoxy groups -OCH3 is 1. The molecule has 3 aromatic carbocycles. The topological polar surface area (TPSA) is 97.3 Å². The molecule has 1 N–H and O–H groups in total. The summed E-state index contributed by atoms with van der Waals surface area (Å²) in [6.45, 7) is 4.17. The van der Waals surface area contributed by atoms with E-state index < -0.39 is 15.9 Å². The van der Waals surface area contributed by atoms with Crippen molar-refractivity contribution in [2.24, 2.45) is 5.16 Å². The third kappa shape index (κ3) is 5.20. The minimum Gasteiger partial charge on any atom is -0.497 e. The van der Waals surface area contributed by atoms with Gasteiger partial charge >= 0.3 is 0 Å². The summed E-state index contributed by atoms with van der Waals surface area (Å²) in [6.07, 6.45) is 2.65. The average molecular weight is 480 g/mol. The third-order valence-corrected chi connectivity index (χ3v) is 6.90. The number of oxime groups is 1. The van der Waals surface area contributed by atoms with Crippen molar-refractivity contribution in [2.45, 2.75) is 18.2 Å². The Morgan fingerprint density at radius 3 is 2.44 bits per heavy atom. The minimum atomic E-state index is -4.01. The third-order valence-electron chi connectivity index (χ3n) is 5.55. The Kier molecular flexibility index (Phi) is 6.83. The van der Waals surface area contributed by atoms with Gasteiger partial charge in [-0.2, -0.15) is 0 Å². The number of rotatable bonds is 8. The molecule has 0 spiro atoms. The number of nitrogens with one attached hydrogen (secondary N) is 1. The van der Waals surface area contributed by atoms with Gasteiger partial charge in [0.05, 0.1) is 18.2 Å². The molecule has 0 bridgehead atoms. The van der Waals surface area contributed by atoms with Crippen molar-refractivity contribution in [1.82, 2.24) is 4.72 Å². The Hall–Kier alpha value is -3.85. The van der Waals surface area contributed by atoms with Gasteiger partial charge in [0.25, 0.3) is 15.9 Å². The van der Waals surface area contributed by atoms with Gasteiger partial charge in [-0.05, 0) is 85.1 Å². The van der Waals surface area contributed by atoms with Crippen molar-refractivity contribution < 1.29 is 22.8 Å². The van der Waals surface area contributed by atoms with Gasteiger partial charge in [-0.1, -0.05) is 11.2 Å². The second-order valence-corrected chi connectivity index (χ2v) is 9.36. The lowest BCUT2D eigenvalue weighted by Crippen LogP contribution is -2.30. The molecule has 1 aliphatic heterocycles. The first-order valence-electron chi connectivity index (χ1n) is 10.8. The summed E-state index contributed by atoms with van der Waals surface area (Å²) in [7, 11) is -2.53. The molecule has 176 valence electrons. The van der Waals surface area contributed by atoms with Crippen LogP contribution in [0.3, 0.4) is 0 Å². The number of hydrogen-bond donors (Lipinski definition) is 1. The van der Waals surface area contributed by atoms with E-state index in [0.717, 1.165) is 25.1 Å². The van der Waals surface area contributed by atoms with Gasteiger partial charge < -0.3 is 14.5 Å². The van der Waals surface area contributed by atoms with Gasteiger partial charge in [-0.3, -0.25) is 4.79 Å². The molecule has 1 heterocycles. The molecule has 3 aromatic rings. The van der Waals surface area contributed by atoms with Crippen molar-refractivity contribution in [1.29, 1.82) is 0 Å². The molecule has 0 aromatic heterocycles. The van der Waals surface area contributed by atoms with Crippen LogP contribution in [0.15, 0.2) is 76.8 Å². The highest BCUT2D eigenvalue weighted by Gasteiger charge is 2.19. The predicted octanol–water partition coefficient (Wildman–Crippen LogP) is 3.61. The molecule has 1 amide bonds. The molecule has 0 saturated heterocycles. The van der Waals surface area contributed by atoms with Crippen LogP contribution in [0.1, 0.15) is 28.4 Å². The fourth-order valence-corrected chi connectivity index (χ4v) is 4.68. The number of amides is 1. The first-order valence-corrected chi connectivity index (χ1v) is 12.3. The summed E-state index contributed by atoms with van der Waals surface area (Å²) < 4.78 is 32.0. The summed E-state index contributed by atoms with van der Waals surface area (Å²) in [5.41, 5.74) is 3.68. The van der Waals surface area contributed by atoms with Crippen molar-refractivity contribution in [3.63, 3.8) is 0 Å². The number of benzene rings is 3. The van der Waals surface area contributed by atoms with Crippen LogP contribution >= 0.6 is 0 Å². The molecule has 8 nitrogen and oxygen atoms in total. The minimum absolute atomic E-state index is 0.0371. The van der Waals surface area contributed by atoms with Crippen LogP contribution in [-0.2, 0) is 16.4 Å². The molecule has 0 aliphatic carbocycles. The monoisotopic (exact) mass is 479 g/mol. The summed E-state index contributed by atoms with van der Waals surface area (Å²) in [4.78, 5) is 20.1. The molecule has 9 heteroatoms. The number of sulfonamides is 1. The van der Waals surface area contributed by atoms with E-state index in [4.69, 9.17) is 9.57 Å². The van der Waals surface area contributed by atoms with E-state index in [2.05, 4.69) is 33.8 Å². The van der Waals surface area contributed by atoms with Crippen LogP contribution in [0.5, 0.6) is 11.5 Å². The van der Waals surface area contributed by atoms with Crippen LogP contribution < -0.4 is 19.2 Å². The summed E-state index contributed by atoms with van der Waals surface area (Å²) in [5.74, 6) is 0.192. The average Bonchev–Trinajstić information content (AvgIpc) is 3.26. The van der Waals surface area contributed by atoms with Gasteiger partial charge in [0, 0.05) is 24.3 Å². The molecule has 0 radical (unpaired) electrons. The SMILES string of the molecule is CCN1CCc2cc(/C=N/Oc3ccc(C(=O)NS(=O)(=O)c4ccc(OC)cc4)cc3)ccc21. The van der Waals surface area contributed by atoms with Crippen molar-refractivity contribution >= 4 is 27.8 Å².